The molecule has 0 aliphatic heterocycles. The number of ether oxygens (including phenoxy) is 2. The third kappa shape index (κ3) is 4.19. The Morgan fingerprint density at radius 1 is 1.28 bits per heavy atom. The Morgan fingerprint density at radius 2 is 2.00 bits per heavy atom. The molecule has 132 valence electrons. The molecule has 0 bridgehead atoms. The van der Waals surface area contributed by atoms with E-state index in [9.17, 15) is 19.9 Å². The third-order valence-electron chi connectivity index (χ3n) is 3.54. The zero-order valence-corrected chi connectivity index (χ0v) is 14.3. The number of rotatable bonds is 6. The van der Waals surface area contributed by atoms with Crippen LogP contribution in [0.15, 0.2) is 29.4 Å². The van der Waals surface area contributed by atoms with E-state index in [0.29, 0.717) is 11.1 Å². The van der Waals surface area contributed by atoms with Crippen LogP contribution in [-0.4, -0.2) is 23.3 Å². The Labute approximate surface area is 148 Å². The maximum Gasteiger partial charge on any atom is 0.305 e. The molecule has 0 saturated carbocycles. The average Bonchev–Trinajstić information content (AvgIpc) is 2.60. The van der Waals surface area contributed by atoms with Gasteiger partial charge in [0.15, 0.2) is 17.2 Å². The molecule has 0 atom stereocenters. The highest BCUT2D eigenvalue weighted by atomic mass is 35.5. The van der Waals surface area contributed by atoms with Crippen molar-refractivity contribution in [3.63, 3.8) is 0 Å². The van der Waals surface area contributed by atoms with Crippen molar-refractivity contribution in [2.75, 3.05) is 7.11 Å². The summed E-state index contributed by atoms with van der Waals surface area (Å²) in [4.78, 5) is 22.1. The molecule has 0 spiro atoms. The normalized spacial score (nSPS) is 10.4. The van der Waals surface area contributed by atoms with Crippen LogP contribution in [0.5, 0.6) is 23.0 Å². The van der Waals surface area contributed by atoms with Crippen LogP contribution in [0.2, 0.25) is 5.02 Å². The number of aromatic hydroxyl groups is 2. The standard InChI is InChI=1S/C17H16ClNO6/c1-9-7-10(3-6-14(21)24-2)16(22)15(18)17(9)25-13-8-11(20)4-5-12(13)19-23/h4-5,7-8,20,22H,3,6H2,1-2H3. The van der Waals surface area contributed by atoms with Crippen molar-refractivity contribution in [2.24, 2.45) is 5.18 Å². The Balaban J connectivity index is 2.37. The first-order valence-corrected chi connectivity index (χ1v) is 7.67. The number of phenols is 2. The van der Waals surface area contributed by atoms with E-state index in [2.05, 4.69) is 9.91 Å². The topological polar surface area (TPSA) is 105 Å². The molecular weight excluding hydrogens is 350 g/mol. The molecule has 25 heavy (non-hydrogen) atoms. The van der Waals surface area contributed by atoms with E-state index >= 15 is 0 Å². The van der Waals surface area contributed by atoms with Gasteiger partial charge in [0.2, 0.25) is 0 Å². The number of carbonyl (C=O) groups excluding carboxylic acids is 1. The lowest BCUT2D eigenvalue weighted by atomic mass is 10.0. The van der Waals surface area contributed by atoms with E-state index < -0.39 is 5.97 Å². The summed E-state index contributed by atoms with van der Waals surface area (Å²) in [6, 6.07) is 5.43. The minimum absolute atomic E-state index is 0.00158. The predicted octanol–water partition coefficient (Wildman–Crippen LogP) is 4.36. The number of hydrogen-bond donors (Lipinski definition) is 2. The van der Waals surface area contributed by atoms with Crippen LogP contribution >= 0.6 is 11.6 Å². The van der Waals surface area contributed by atoms with Crippen molar-refractivity contribution in [1.82, 2.24) is 0 Å². The average molecular weight is 366 g/mol. The van der Waals surface area contributed by atoms with E-state index in [-0.39, 0.29) is 46.5 Å². The highest BCUT2D eigenvalue weighted by Crippen LogP contribution is 2.44. The van der Waals surface area contributed by atoms with Gasteiger partial charge in [0, 0.05) is 12.5 Å². The lowest BCUT2D eigenvalue weighted by Crippen LogP contribution is -2.03. The fourth-order valence-electron chi connectivity index (χ4n) is 2.24. The molecule has 0 radical (unpaired) electrons. The summed E-state index contributed by atoms with van der Waals surface area (Å²) in [6.45, 7) is 1.69. The minimum atomic E-state index is -0.407. The number of methoxy groups -OCH3 is 1. The number of phenolic OH excluding ortho intramolecular Hbond substituents is 2. The molecule has 2 rings (SSSR count). The second-order valence-electron chi connectivity index (χ2n) is 5.27. The van der Waals surface area contributed by atoms with Crippen LogP contribution in [0.3, 0.4) is 0 Å². The van der Waals surface area contributed by atoms with Gasteiger partial charge < -0.3 is 19.7 Å². The van der Waals surface area contributed by atoms with Crippen molar-refractivity contribution < 1.29 is 24.5 Å². The Morgan fingerprint density at radius 3 is 2.64 bits per heavy atom. The molecule has 0 fully saturated rings. The molecule has 0 aliphatic carbocycles. The fraction of sp³-hybridized carbons (Fsp3) is 0.235. The monoisotopic (exact) mass is 365 g/mol. The van der Waals surface area contributed by atoms with E-state index in [0.717, 1.165) is 0 Å². The van der Waals surface area contributed by atoms with Crippen molar-refractivity contribution in [3.8, 4) is 23.0 Å². The molecule has 0 aliphatic rings. The summed E-state index contributed by atoms with van der Waals surface area (Å²) in [7, 11) is 1.28. The minimum Gasteiger partial charge on any atom is -0.508 e. The molecule has 2 aromatic carbocycles. The first kappa shape index (κ1) is 18.5. The Hall–Kier alpha value is -2.80. The van der Waals surface area contributed by atoms with Gasteiger partial charge in [0.05, 0.1) is 7.11 Å². The quantitative estimate of drug-likeness (QED) is 0.582. The first-order valence-electron chi connectivity index (χ1n) is 7.29. The molecule has 0 saturated heterocycles. The van der Waals surface area contributed by atoms with E-state index in [1.807, 2.05) is 0 Å². The van der Waals surface area contributed by atoms with Crippen LogP contribution < -0.4 is 4.74 Å². The third-order valence-corrected chi connectivity index (χ3v) is 3.89. The van der Waals surface area contributed by atoms with Gasteiger partial charge in [-0.1, -0.05) is 11.6 Å². The number of hydrogen-bond acceptors (Lipinski definition) is 7. The van der Waals surface area contributed by atoms with Crippen LogP contribution in [0.25, 0.3) is 0 Å². The van der Waals surface area contributed by atoms with Crippen molar-refractivity contribution in [2.45, 2.75) is 19.8 Å². The van der Waals surface area contributed by atoms with Crippen LogP contribution in [0.1, 0.15) is 17.5 Å². The van der Waals surface area contributed by atoms with Gasteiger partial charge >= 0.3 is 5.97 Å². The van der Waals surface area contributed by atoms with E-state index in [1.54, 1.807) is 13.0 Å². The number of carbonyl (C=O) groups is 1. The number of aryl methyl sites for hydroxylation is 2. The zero-order valence-electron chi connectivity index (χ0n) is 13.6. The molecule has 0 aromatic heterocycles. The molecule has 0 amide bonds. The van der Waals surface area contributed by atoms with Crippen LogP contribution in [0.4, 0.5) is 5.69 Å². The summed E-state index contributed by atoms with van der Waals surface area (Å²) in [5.74, 6) is -0.629. The molecule has 0 unspecified atom stereocenters. The number of esters is 1. The summed E-state index contributed by atoms with van der Waals surface area (Å²) < 4.78 is 10.2. The number of benzene rings is 2. The number of halogens is 1. The van der Waals surface area contributed by atoms with Crippen LogP contribution in [0, 0.1) is 11.8 Å². The van der Waals surface area contributed by atoms with Gasteiger partial charge in [-0.25, -0.2) is 0 Å². The second-order valence-corrected chi connectivity index (χ2v) is 5.64. The summed E-state index contributed by atoms with van der Waals surface area (Å²) in [6.07, 6.45) is 0.332. The maximum atomic E-state index is 11.3. The van der Waals surface area contributed by atoms with Gasteiger partial charge in [-0.2, -0.15) is 0 Å². The Bertz CT molecular complexity index is 821. The molecule has 2 N–H and O–H groups in total. The van der Waals surface area contributed by atoms with E-state index in [4.69, 9.17) is 16.3 Å². The van der Waals surface area contributed by atoms with Crippen molar-refractivity contribution >= 4 is 23.3 Å². The highest BCUT2D eigenvalue weighted by molar-refractivity contribution is 6.33. The SMILES string of the molecule is COC(=O)CCc1cc(C)c(Oc2cc(O)ccc2N=O)c(Cl)c1O. The molecule has 7 nitrogen and oxygen atoms in total. The molecule has 8 heteroatoms. The zero-order chi connectivity index (χ0) is 18.6. The van der Waals surface area contributed by atoms with Gasteiger partial charge in [-0.3, -0.25) is 4.79 Å². The summed E-state index contributed by atoms with van der Waals surface area (Å²) in [5, 5.41) is 22.5. The lowest BCUT2D eigenvalue weighted by Gasteiger charge is -2.15. The van der Waals surface area contributed by atoms with Crippen molar-refractivity contribution in [3.05, 3.63) is 45.3 Å². The summed E-state index contributed by atoms with van der Waals surface area (Å²) in [5.41, 5.74) is 1.01. The predicted molar refractivity (Wildman–Crippen MR) is 91.8 cm³/mol. The van der Waals surface area contributed by atoms with Gasteiger partial charge in [-0.15, -0.1) is 4.91 Å². The molecule has 2 aromatic rings. The summed E-state index contributed by atoms with van der Waals surface area (Å²) >= 11 is 6.18. The van der Waals surface area contributed by atoms with Crippen LogP contribution in [-0.2, 0) is 16.0 Å². The second kappa shape index (κ2) is 7.85. The lowest BCUT2D eigenvalue weighted by molar-refractivity contribution is -0.140. The Kier molecular flexibility index (Phi) is 5.82. The van der Waals surface area contributed by atoms with E-state index in [1.165, 1.54) is 25.3 Å². The first-order chi connectivity index (χ1) is 11.9. The maximum absolute atomic E-state index is 11.3. The highest BCUT2D eigenvalue weighted by Gasteiger charge is 2.18. The number of nitroso groups, excluding NO2 is 1. The smallest absolute Gasteiger partial charge is 0.305 e. The fourth-order valence-corrected chi connectivity index (χ4v) is 2.55. The van der Waals surface area contributed by atoms with Gasteiger partial charge in [0.25, 0.3) is 0 Å². The van der Waals surface area contributed by atoms with Gasteiger partial charge in [0.1, 0.15) is 16.5 Å². The molecular formula is C17H16ClNO6. The van der Waals surface area contributed by atoms with Gasteiger partial charge in [-0.05, 0) is 47.8 Å². The largest absolute Gasteiger partial charge is 0.508 e. The van der Waals surface area contributed by atoms with Crippen molar-refractivity contribution in [1.29, 1.82) is 0 Å². The molecule has 0 heterocycles. The number of nitrogens with zero attached hydrogens (tertiary/aromatic N) is 1.